The van der Waals surface area contributed by atoms with Gasteiger partial charge in [0.2, 0.25) is 5.91 Å². The molecule has 8 heteroatoms. The van der Waals surface area contributed by atoms with Gasteiger partial charge in [-0.05, 0) is 55.5 Å². The molecule has 1 saturated carbocycles. The van der Waals surface area contributed by atoms with Gasteiger partial charge in [-0.1, -0.05) is 36.6 Å². The van der Waals surface area contributed by atoms with Gasteiger partial charge in [-0.25, -0.2) is 4.79 Å². The van der Waals surface area contributed by atoms with E-state index in [2.05, 4.69) is 5.32 Å². The standard InChI is InChI=1S/C25H27ClN2O5/c1-32-22-10-6-4-8-17(22)24(30)28-20-9-5-3-7-15(20)14-21(28)23(29)27-19-13-16(25(31)33-2)11-12-18(19)26/h4,6,8,10-13,15,20-21H,3,5,7,9,14H2,1-2H3,(H,27,29). The molecule has 3 atom stereocenters. The molecule has 0 aromatic heterocycles. The summed E-state index contributed by atoms with van der Waals surface area (Å²) in [6.07, 6.45) is 4.57. The van der Waals surface area contributed by atoms with E-state index in [0.29, 0.717) is 28.4 Å². The Hall–Kier alpha value is -3.06. The number of methoxy groups -OCH3 is 2. The van der Waals surface area contributed by atoms with Gasteiger partial charge in [0.05, 0.1) is 36.1 Å². The van der Waals surface area contributed by atoms with E-state index in [1.165, 1.54) is 32.4 Å². The van der Waals surface area contributed by atoms with Gasteiger partial charge >= 0.3 is 5.97 Å². The maximum atomic E-state index is 13.7. The molecule has 3 unspecified atom stereocenters. The fraction of sp³-hybridized carbons (Fsp3) is 0.400. The minimum absolute atomic E-state index is 0.00351. The van der Waals surface area contributed by atoms with E-state index in [1.807, 2.05) is 6.07 Å². The lowest BCUT2D eigenvalue weighted by Gasteiger charge is -2.34. The SMILES string of the molecule is COC(=O)c1ccc(Cl)c(NC(=O)C2CC3CCCCC3N2C(=O)c2ccccc2OC)c1. The van der Waals surface area contributed by atoms with Crippen molar-refractivity contribution in [2.24, 2.45) is 5.92 Å². The zero-order valence-corrected chi connectivity index (χ0v) is 19.4. The zero-order valence-electron chi connectivity index (χ0n) is 18.7. The minimum atomic E-state index is -0.645. The number of amides is 2. The first-order valence-corrected chi connectivity index (χ1v) is 11.5. The molecule has 174 valence electrons. The summed E-state index contributed by atoms with van der Waals surface area (Å²) in [6, 6.07) is 11.0. The van der Waals surface area contributed by atoms with E-state index >= 15 is 0 Å². The number of para-hydroxylation sites is 1. The number of hydrogen-bond donors (Lipinski definition) is 1. The lowest BCUT2D eigenvalue weighted by atomic mass is 9.84. The summed E-state index contributed by atoms with van der Waals surface area (Å²) in [6.45, 7) is 0. The van der Waals surface area contributed by atoms with E-state index in [1.54, 1.807) is 23.1 Å². The van der Waals surface area contributed by atoms with Gasteiger partial charge in [0.15, 0.2) is 0 Å². The van der Waals surface area contributed by atoms with Gasteiger partial charge in [-0.2, -0.15) is 0 Å². The second-order valence-electron chi connectivity index (χ2n) is 8.45. The average molecular weight is 471 g/mol. The molecule has 33 heavy (non-hydrogen) atoms. The Bertz CT molecular complexity index is 1070. The summed E-state index contributed by atoms with van der Waals surface area (Å²) >= 11 is 6.29. The van der Waals surface area contributed by atoms with E-state index in [-0.39, 0.29) is 29.3 Å². The number of carbonyl (C=O) groups is 3. The third-order valence-corrected chi connectivity index (χ3v) is 6.94. The van der Waals surface area contributed by atoms with Gasteiger partial charge < -0.3 is 19.7 Å². The number of anilines is 1. The molecule has 0 spiro atoms. The van der Waals surface area contributed by atoms with Crippen LogP contribution in [0, 0.1) is 5.92 Å². The molecule has 1 heterocycles. The van der Waals surface area contributed by atoms with E-state index in [9.17, 15) is 14.4 Å². The van der Waals surface area contributed by atoms with Crippen LogP contribution >= 0.6 is 11.6 Å². The fourth-order valence-electron chi connectivity index (χ4n) is 5.03. The molecule has 2 fully saturated rings. The van der Waals surface area contributed by atoms with Crippen LogP contribution in [0.4, 0.5) is 5.69 Å². The maximum Gasteiger partial charge on any atom is 0.337 e. The summed E-state index contributed by atoms with van der Waals surface area (Å²) in [5, 5.41) is 3.14. The first kappa shape index (κ1) is 23.1. The molecule has 4 rings (SSSR count). The number of hydrogen-bond acceptors (Lipinski definition) is 5. The van der Waals surface area contributed by atoms with Crippen molar-refractivity contribution < 1.29 is 23.9 Å². The van der Waals surface area contributed by atoms with E-state index in [0.717, 1.165) is 25.7 Å². The van der Waals surface area contributed by atoms with Crippen molar-refractivity contribution in [3.63, 3.8) is 0 Å². The number of nitrogens with zero attached hydrogens (tertiary/aromatic N) is 1. The molecule has 2 aromatic rings. The van der Waals surface area contributed by atoms with Crippen LogP contribution in [0.1, 0.15) is 52.8 Å². The highest BCUT2D eigenvalue weighted by molar-refractivity contribution is 6.34. The Morgan fingerprint density at radius 2 is 1.82 bits per heavy atom. The first-order chi connectivity index (χ1) is 15.9. The van der Waals surface area contributed by atoms with Crippen LogP contribution in [0.15, 0.2) is 42.5 Å². The van der Waals surface area contributed by atoms with Gasteiger partial charge in [-0.3, -0.25) is 9.59 Å². The molecule has 2 amide bonds. The summed E-state index contributed by atoms with van der Waals surface area (Å²) in [4.78, 5) is 40.8. The second-order valence-corrected chi connectivity index (χ2v) is 8.86. The predicted molar refractivity (Wildman–Crippen MR) is 125 cm³/mol. The van der Waals surface area contributed by atoms with Crippen molar-refractivity contribution in [3.05, 3.63) is 58.6 Å². The number of esters is 1. The third kappa shape index (κ3) is 4.55. The molecule has 7 nitrogen and oxygen atoms in total. The number of fused-ring (bicyclic) bond motifs is 1. The molecule has 1 N–H and O–H groups in total. The number of benzene rings is 2. The smallest absolute Gasteiger partial charge is 0.337 e. The van der Waals surface area contributed by atoms with Crippen LogP contribution in [-0.2, 0) is 9.53 Å². The average Bonchev–Trinajstić information content (AvgIpc) is 3.24. The highest BCUT2D eigenvalue weighted by atomic mass is 35.5. The Kier molecular flexibility index (Phi) is 6.88. The van der Waals surface area contributed by atoms with E-state index < -0.39 is 12.0 Å². The van der Waals surface area contributed by atoms with Crippen molar-refractivity contribution in [1.29, 1.82) is 0 Å². The lowest BCUT2D eigenvalue weighted by Crippen LogP contribution is -2.48. The lowest BCUT2D eigenvalue weighted by molar-refractivity contribution is -0.120. The van der Waals surface area contributed by atoms with Crippen LogP contribution in [0.25, 0.3) is 0 Å². The van der Waals surface area contributed by atoms with Crippen LogP contribution in [0.3, 0.4) is 0 Å². The number of rotatable bonds is 5. The van der Waals surface area contributed by atoms with Crippen molar-refractivity contribution >= 4 is 35.1 Å². The Labute approximate surface area is 198 Å². The van der Waals surface area contributed by atoms with E-state index in [4.69, 9.17) is 21.1 Å². The quantitative estimate of drug-likeness (QED) is 0.648. The van der Waals surface area contributed by atoms with Gasteiger partial charge in [0.1, 0.15) is 11.8 Å². The normalized spacial score (nSPS) is 21.8. The molecule has 0 bridgehead atoms. The summed E-state index contributed by atoms with van der Waals surface area (Å²) in [7, 11) is 2.82. The fourth-order valence-corrected chi connectivity index (χ4v) is 5.19. The van der Waals surface area contributed by atoms with Crippen molar-refractivity contribution in [1.82, 2.24) is 4.90 Å². The Morgan fingerprint density at radius 1 is 1.06 bits per heavy atom. The first-order valence-electron chi connectivity index (χ1n) is 11.1. The summed E-state index contributed by atoms with van der Waals surface area (Å²) in [5.74, 6) is -0.310. The molecule has 1 aliphatic carbocycles. The Morgan fingerprint density at radius 3 is 2.58 bits per heavy atom. The monoisotopic (exact) mass is 470 g/mol. The van der Waals surface area contributed by atoms with Crippen molar-refractivity contribution in [3.8, 4) is 5.75 Å². The summed E-state index contributed by atoms with van der Waals surface area (Å²) in [5.41, 5.74) is 1.03. The number of halogens is 1. The molecule has 2 aromatic carbocycles. The Balaban J connectivity index is 1.64. The molecule has 0 radical (unpaired) electrons. The van der Waals surface area contributed by atoms with Crippen LogP contribution in [0.2, 0.25) is 5.02 Å². The predicted octanol–water partition coefficient (Wildman–Crippen LogP) is 4.55. The zero-order chi connectivity index (χ0) is 23.5. The largest absolute Gasteiger partial charge is 0.496 e. The molecule has 1 saturated heterocycles. The number of likely N-dealkylation sites (tertiary alicyclic amines) is 1. The highest BCUT2D eigenvalue weighted by Crippen LogP contribution is 2.41. The number of carbonyl (C=O) groups excluding carboxylic acids is 3. The summed E-state index contributed by atoms with van der Waals surface area (Å²) < 4.78 is 10.2. The van der Waals surface area contributed by atoms with Gasteiger partial charge in [-0.15, -0.1) is 0 Å². The van der Waals surface area contributed by atoms with Crippen LogP contribution in [-0.4, -0.2) is 49.0 Å². The number of nitrogens with one attached hydrogen (secondary N) is 1. The molecular weight excluding hydrogens is 444 g/mol. The highest BCUT2D eigenvalue weighted by Gasteiger charge is 2.48. The van der Waals surface area contributed by atoms with Gasteiger partial charge in [0, 0.05) is 6.04 Å². The number of ether oxygens (including phenoxy) is 2. The van der Waals surface area contributed by atoms with Crippen molar-refractivity contribution in [2.75, 3.05) is 19.5 Å². The van der Waals surface area contributed by atoms with Crippen molar-refractivity contribution in [2.45, 2.75) is 44.2 Å². The van der Waals surface area contributed by atoms with Crippen LogP contribution in [0.5, 0.6) is 5.75 Å². The second kappa shape index (κ2) is 9.83. The van der Waals surface area contributed by atoms with Crippen LogP contribution < -0.4 is 10.1 Å². The third-order valence-electron chi connectivity index (χ3n) is 6.61. The van der Waals surface area contributed by atoms with Gasteiger partial charge in [0.25, 0.3) is 5.91 Å². The molecule has 1 aliphatic heterocycles. The molecule has 2 aliphatic rings. The molecular formula is C25H27ClN2O5. The minimum Gasteiger partial charge on any atom is -0.496 e. The topological polar surface area (TPSA) is 84.9 Å². The maximum absolute atomic E-state index is 13.7.